The molecule has 0 amide bonds. The van der Waals surface area contributed by atoms with Gasteiger partial charge in [0.15, 0.2) is 0 Å². The summed E-state index contributed by atoms with van der Waals surface area (Å²) in [4.78, 5) is 0. The average molecular weight is 423 g/mol. The molecule has 168 valence electrons. The molecule has 0 saturated heterocycles. The van der Waals surface area contributed by atoms with Crippen LogP contribution >= 0.6 is 0 Å². The Labute approximate surface area is 180 Å². The smallest absolute Gasteiger partial charge is 0.344 e. The van der Waals surface area contributed by atoms with E-state index < -0.39 is 12.1 Å². The SMILES string of the molecule is CCCCCCC1CCC(C2(c3ccc(OC(F)=C(F)F)cc3)CCCCC2)CC1. The maximum atomic E-state index is 13.1. The predicted octanol–water partition coefficient (Wildman–Crippen LogP) is 9.08. The van der Waals surface area contributed by atoms with E-state index in [4.69, 9.17) is 0 Å². The van der Waals surface area contributed by atoms with Crippen LogP contribution < -0.4 is 4.74 Å². The van der Waals surface area contributed by atoms with E-state index in [0.29, 0.717) is 5.92 Å². The Hall–Kier alpha value is -1.45. The Bertz CT molecular complexity index is 664. The molecule has 4 heteroatoms. The maximum absolute atomic E-state index is 13.1. The molecule has 0 aliphatic heterocycles. The van der Waals surface area contributed by atoms with E-state index in [9.17, 15) is 13.2 Å². The summed E-state index contributed by atoms with van der Waals surface area (Å²) in [6.45, 7) is 2.26. The maximum Gasteiger partial charge on any atom is 0.344 e. The molecular weight excluding hydrogens is 385 g/mol. The molecule has 2 fully saturated rings. The zero-order valence-corrected chi connectivity index (χ0v) is 18.4. The second kappa shape index (κ2) is 11.2. The molecular formula is C26H37F3O. The molecule has 2 aliphatic carbocycles. The fourth-order valence-corrected chi connectivity index (χ4v) is 5.98. The van der Waals surface area contributed by atoms with Crippen LogP contribution in [0.2, 0.25) is 0 Å². The third-order valence-corrected chi connectivity index (χ3v) is 7.63. The minimum Gasteiger partial charge on any atom is -0.428 e. The highest BCUT2D eigenvalue weighted by Gasteiger charge is 2.42. The van der Waals surface area contributed by atoms with Crippen LogP contribution in [0.15, 0.2) is 36.4 Å². The van der Waals surface area contributed by atoms with Crippen LogP contribution in [0.1, 0.15) is 102 Å². The van der Waals surface area contributed by atoms with Crippen molar-refractivity contribution in [3.05, 3.63) is 41.9 Å². The van der Waals surface area contributed by atoms with Crippen molar-refractivity contribution >= 4 is 0 Å². The first-order valence-electron chi connectivity index (χ1n) is 12.0. The molecule has 2 aliphatic rings. The number of hydrogen-bond donors (Lipinski definition) is 0. The molecule has 1 aromatic rings. The Balaban J connectivity index is 1.66. The third kappa shape index (κ3) is 5.82. The first-order chi connectivity index (χ1) is 14.5. The fourth-order valence-electron chi connectivity index (χ4n) is 5.98. The number of ether oxygens (including phenoxy) is 1. The van der Waals surface area contributed by atoms with Gasteiger partial charge in [-0.2, -0.15) is 13.2 Å². The van der Waals surface area contributed by atoms with E-state index in [1.807, 2.05) is 12.1 Å². The average Bonchev–Trinajstić information content (AvgIpc) is 2.78. The fraction of sp³-hybridized carbons (Fsp3) is 0.692. The van der Waals surface area contributed by atoms with Crippen molar-refractivity contribution in [3.63, 3.8) is 0 Å². The lowest BCUT2D eigenvalue weighted by Crippen LogP contribution is -2.39. The molecule has 0 bridgehead atoms. The van der Waals surface area contributed by atoms with E-state index >= 15 is 0 Å². The molecule has 0 heterocycles. The highest BCUT2D eigenvalue weighted by Crippen LogP contribution is 2.51. The highest BCUT2D eigenvalue weighted by atomic mass is 19.3. The minimum absolute atomic E-state index is 0.130. The van der Waals surface area contributed by atoms with Crippen LogP contribution in [0.3, 0.4) is 0 Å². The number of benzene rings is 1. The van der Waals surface area contributed by atoms with Crippen LogP contribution in [0, 0.1) is 11.8 Å². The van der Waals surface area contributed by atoms with Gasteiger partial charge >= 0.3 is 12.1 Å². The molecule has 3 rings (SSSR count). The number of halogens is 3. The van der Waals surface area contributed by atoms with Crippen molar-refractivity contribution < 1.29 is 17.9 Å². The van der Waals surface area contributed by atoms with Crippen LogP contribution in [-0.2, 0) is 5.41 Å². The van der Waals surface area contributed by atoms with Gasteiger partial charge in [0.2, 0.25) is 0 Å². The molecule has 1 aromatic carbocycles. The van der Waals surface area contributed by atoms with Gasteiger partial charge in [0, 0.05) is 0 Å². The summed E-state index contributed by atoms with van der Waals surface area (Å²) in [5.41, 5.74) is 1.47. The Kier molecular flexibility index (Phi) is 8.71. The molecule has 30 heavy (non-hydrogen) atoms. The Morgan fingerprint density at radius 3 is 2.17 bits per heavy atom. The second-order valence-corrected chi connectivity index (χ2v) is 9.44. The Morgan fingerprint density at radius 1 is 0.900 bits per heavy atom. The Morgan fingerprint density at radius 2 is 1.57 bits per heavy atom. The van der Waals surface area contributed by atoms with Crippen molar-refractivity contribution in [2.75, 3.05) is 0 Å². The van der Waals surface area contributed by atoms with Gasteiger partial charge in [-0.3, -0.25) is 0 Å². The largest absolute Gasteiger partial charge is 0.428 e. The lowest BCUT2D eigenvalue weighted by Gasteiger charge is -2.47. The van der Waals surface area contributed by atoms with Gasteiger partial charge in [0.1, 0.15) is 5.75 Å². The van der Waals surface area contributed by atoms with Gasteiger partial charge in [-0.1, -0.05) is 83.3 Å². The minimum atomic E-state index is -2.42. The topological polar surface area (TPSA) is 9.23 Å². The second-order valence-electron chi connectivity index (χ2n) is 9.44. The summed E-state index contributed by atoms with van der Waals surface area (Å²) < 4.78 is 42.4. The highest BCUT2D eigenvalue weighted by molar-refractivity contribution is 5.34. The van der Waals surface area contributed by atoms with Gasteiger partial charge < -0.3 is 4.74 Å². The summed E-state index contributed by atoms with van der Waals surface area (Å²) in [5.74, 6) is 1.71. The van der Waals surface area contributed by atoms with Gasteiger partial charge in [-0.05, 0) is 60.6 Å². The normalized spacial score (nSPS) is 23.7. The van der Waals surface area contributed by atoms with Crippen molar-refractivity contribution in [3.8, 4) is 5.75 Å². The van der Waals surface area contributed by atoms with Crippen molar-refractivity contribution in [1.82, 2.24) is 0 Å². The van der Waals surface area contributed by atoms with Gasteiger partial charge in [0.05, 0.1) is 0 Å². The van der Waals surface area contributed by atoms with E-state index in [1.54, 1.807) is 12.1 Å². The zero-order chi connectivity index (χ0) is 21.4. The lowest BCUT2D eigenvalue weighted by atomic mass is 9.57. The van der Waals surface area contributed by atoms with E-state index in [-0.39, 0.29) is 11.2 Å². The molecule has 0 atom stereocenters. The predicted molar refractivity (Wildman–Crippen MR) is 116 cm³/mol. The zero-order valence-electron chi connectivity index (χ0n) is 18.4. The lowest BCUT2D eigenvalue weighted by molar-refractivity contribution is 0.124. The summed E-state index contributed by atoms with van der Waals surface area (Å²) in [5, 5.41) is 0. The van der Waals surface area contributed by atoms with Crippen LogP contribution in [0.4, 0.5) is 13.2 Å². The molecule has 0 unspecified atom stereocenters. The number of rotatable bonds is 9. The molecule has 0 aromatic heterocycles. The molecule has 0 spiro atoms. The van der Waals surface area contributed by atoms with E-state index in [0.717, 1.165) is 5.92 Å². The summed E-state index contributed by atoms with van der Waals surface area (Å²) in [7, 11) is 0. The third-order valence-electron chi connectivity index (χ3n) is 7.63. The van der Waals surface area contributed by atoms with Crippen molar-refractivity contribution in [2.24, 2.45) is 11.8 Å². The quantitative estimate of drug-likeness (QED) is 0.285. The van der Waals surface area contributed by atoms with Crippen LogP contribution in [0.5, 0.6) is 5.75 Å². The first-order valence-corrected chi connectivity index (χ1v) is 12.0. The molecule has 0 N–H and O–H groups in total. The standard InChI is InChI=1S/C26H37F3O/c1-2-3-4-6-9-20-10-12-21(13-11-20)26(18-7-5-8-19-26)22-14-16-23(17-15-22)30-25(29)24(27)28/h14-17,20-21H,2-13,18-19H2,1H3. The summed E-state index contributed by atoms with van der Waals surface area (Å²) >= 11 is 0. The van der Waals surface area contributed by atoms with Gasteiger partial charge in [-0.25, -0.2) is 0 Å². The van der Waals surface area contributed by atoms with Crippen molar-refractivity contribution in [1.29, 1.82) is 0 Å². The number of unbranched alkanes of at least 4 members (excludes halogenated alkanes) is 3. The van der Waals surface area contributed by atoms with E-state index in [1.165, 1.54) is 95.5 Å². The summed E-state index contributed by atoms with van der Waals surface area (Å²) in [6, 6.07) is 5.45. The van der Waals surface area contributed by atoms with Crippen LogP contribution in [-0.4, -0.2) is 0 Å². The first kappa shape index (κ1) is 23.2. The van der Waals surface area contributed by atoms with Crippen LogP contribution in [0.25, 0.3) is 0 Å². The summed E-state index contributed by atoms with van der Waals surface area (Å²) in [6.07, 6.45) is 15.8. The molecule has 2 saturated carbocycles. The molecule has 1 nitrogen and oxygen atoms in total. The van der Waals surface area contributed by atoms with E-state index in [2.05, 4.69) is 11.7 Å². The monoisotopic (exact) mass is 422 g/mol. The number of hydrogen-bond acceptors (Lipinski definition) is 1. The van der Waals surface area contributed by atoms with Gasteiger partial charge in [0.25, 0.3) is 0 Å². The van der Waals surface area contributed by atoms with Crippen molar-refractivity contribution in [2.45, 2.75) is 102 Å². The van der Waals surface area contributed by atoms with Gasteiger partial charge in [-0.15, -0.1) is 0 Å². The molecule has 0 radical (unpaired) electrons.